The van der Waals surface area contributed by atoms with E-state index in [9.17, 15) is 26.3 Å². The summed E-state index contributed by atoms with van der Waals surface area (Å²) in [4.78, 5) is 0. The molecule has 4 nitrogen and oxygen atoms in total. The summed E-state index contributed by atoms with van der Waals surface area (Å²) in [5.41, 5.74) is 12.3. The van der Waals surface area contributed by atoms with E-state index in [1.165, 1.54) is 0 Å². The minimum atomic E-state index is -5.82. The van der Waals surface area contributed by atoms with Gasteiger partial charge in [-0.05, 0) is 12.1 Å². The maximum atomic E-state index is 14.0. The molecular formula is C15H14F6N4. The monoisotopic (exact) mass is 364 g/mol. The third-order valence-corrected chi connectivity index (χ3v) is 3.94. The molecule has 8 N–H and O–H groups in total. The highest BCUT2D eigenvalue weighted by atomic mass is 19.4. The van der Waals surface area contributed by atoms with Crippen LogP contribution in [0.4, 0.5) is 49.1 Å². The minimum absolute atomic E-state index is 0.419. The molecular weight excluding hydrogens is 350 g/mol. The highest BCUT2D eigenvalue weighted by molar-refractivity contribution is 5.76. The molecule has 0 aromatic heterocycles. The fraction of sp³-hybridized carbons (Fsp3) is 0.200. The molecule has 0 aliphatic rings. The fourth-order valence-corrected chi connectivity index (χ4v) is 2.74. The first kappa shape index (κ1) is 18.6. The molecule has 0 saturated carbocycles. The van der Waals surface area contributed by atoms with Crippen LogP contribution in [0.5, 0.6) is 0 Å². The molecule has 0 spiro atoms. The Kier molecular flexibility index (Phi) is 4.19. The van der Waals surface area contributed by atoms with Gasteiger partial charge in [-0.3, -0.25) is 0 Å². The topological polar surface area (TPSA) is 104 Å². The fourth-order valence-electron chi connectivity index (χ4n) is 2.74. The molecule has 2 rings (SSSR count). The van der Waals surface area contributed by atoms with Crippen molar-refractivity contribution < 1.29 is 26.3 Å². The molecule has 136 valence electrons. The van der Waals surface area contributed by atoms with E-state index in [0.717, 1.165) is 24.3 Å². The number of hydrogen-bond donors (Lipinski definition) is 4. The van der Waals surface area contributed by atoms with Crippen molar-refractivity contribution in [3.8, 4) is 0 Å². The number of alkyl halides is 6. The van der Waals surface area contributed by atoms with E-state index in [1.54, 1.807) is 0 Å². The van der Waals surface area contributed by atoms with Crippen molar-refractivity contribution in [3.63, 3.8) is 0 Å². The Morgan fingerprint density at radius 3 is 1.16 bits per heavy atom. The molecule has 0 amide bonds. The van der Waals surface area contributed by atoms with Crippen LogP contribution < -0.4 is 22.9 Å². The molecule has 0 atom stereocenters. The Morgan fingerprint density at radius 1 is 0.560 bits per heavy atom. The SMILES string of the molecule is Nc1cccc(C(c2cccc(N)c2N)(C(F)(F)F)C(F)(F)F)c1N. The Balaban J connectivity index is 3.09. The van der Waals surface area contributed by atoms with Gasteiger partial charge in [-0.1, -0.05) is 24.3 Å². The number of nitrogen functional groups attached to an aromatic ring is 4. The number of para-hydroxylation sites is 2. The predicted molar refractivity (Wildman–Crippen MR) is 83.4 cm³/mol. The zero-order valence-corrected chi connectivity index (χ0v) is 12.5. The first-order valence-electron chi connectivity index (χ1n) is 6.78. The van der Waals surface area contributed by atoms with Crippen molar-refractivity contribution in [2.75, 3.05) is 22.9 Å². The quantitative estimate of drug-likeness (QED) is 0.484. The van der Waals surface area contributed by atoms with Crippen molar-refractivity contribution in [3.05, 3.63) is 47.5 Å². The van der Waals surface area contributed by atoms with Crippen molar-refractivity contribution in [2.24, 2.45) is 0 Å². The first-order valence-corrected chi connectivity index (χ1v) is 6.78. The summed E-state index contributed by atoms with van der Waals surface area (Å²) in [5, 5.41) is 0. The van der Waals surface area contributed by atoms with E-state index in [4.69, 9.17) is 22.9 Å². The van der Waals surface area contributed by atoms with Crippen LogP contribution in [0, 0.1) is 0 Å². The molecule has 25 heavy (non-hydrogen) atoms. The first-order chi connectivity index (χ1) is 11.4. The van der Waals surface area contributed by atoms with Crippen LogP contribution in [0.2, 0.25) is 0 Å². The van der Waals surface area contributed by atoms with Gasteiger partial charge in [0, 0.05) is 11.1 Å². The van der Waals surface area contributed by atoms with Gasteiger partial charge in [0.1, 0.15) is 0 Å². The standard InChI is InChI=1S/C15H14F6N4/c16-14(17,18)13(15(19,20)21,7-3-1-5-9(22)11(7)24)8-4-2-6-10(23)12(8)25/h1-6H,22-25H2. The molecule has 0 heterocycles. The summed E-state index contributed by atoms with van der Waals surface area (Å²) >= 11 is 0. The molecule has 0 aliphatic heterocycles. The van der Waals surface area contributed by atoms with E-state index in [2.05, 4.69) is 0 Å². The van der Waals surface area contributed by atoms with Gasteiger partial charge in [-0.25, -0.2) is 0 Å². The zero-order valence-electron chi connectivity index (χ0n) is 12.5. The normalized spacial score (nSPS) is 13.0. The van der Waals surface area contributed by atoms with Crippen molar-refractivity contribution in [1.29, 1.82) is 0 Å². The van der Waals surface area contributed by atoms with Crippen LogP contribution >= 0.6 is 0 Å². The highest BCUT2D eigenvalue weighted by Crippen LogP contribution is 2.59. The molecule has 0 fully saturated rings. The molecule has 2 aromatic rings. The predicted octanol–water partition coefficient (Wildman–Crippen LogP) is 3.43. The lowest BCUT2D eigenvalue weighted by Crippen LogP contribution is -2.55. The van der Waals surface area contributed by atoms with Gasteiger partial charge < -0.3 is 22.9 Å². The lowest BCUT2D eigenvalue weighted by Gasteiger charge is -2.39. The Hall–Kier alpha value is -2.78. The number of hydrogen-bond acceptors (Lipinski definition) is 4. The third-order valence-electron chi connectivity index (χ3n) is 3.94. The number of halogens is 6. The summed E-state index contributed by atoms with van der Waals surface area (Å²) in [5.74, 6) is 0. The second-order valence-corrected chi connectivity index (χ2v) is 5.36. The molecule has 0 radical (unpaired) electrons. The van der Waals surface area contributed by atoms with Crippen LogP contribution in [-0.4, -0.2) is 12.4 Å². The largest absolute Gasteiger partial charge is 0.411 e. The molecule has 2 aromatic carbocycles. The number of nitrogens with two attached hydrogens (primary N) is 4. The lowest BCUT2D eigenvalue weighted by atomic mass is 9.71. The summed E-state index contributed by atoms with van der Waals surface area (Å²) in [6.07, 6.45) is -11.6. The van der Waals surface area contributed by atoms with E-state index in [-0.39, 0.29) is 0 Å². The van der Waals surface area contributed by atoms with Crippen LogP contribution in [0.3, 0.4) is 0 Å². The van der Waals surface area contributed by atoms with Gasteiger partial charge in [-0.2, -0.15) is 26.3 Å². The molecule has 0 bridgehead atoms. The summed E-state index contributed by atoms with van der Waals surface area (Å²) in [6, 6.07) is 5.34. The smallest absolute Gasteiger partial charge is 0.397 e. The average Bonchev–Trinajstić information content (AvgIpc) is 2.45. The molecule has 0 aliphatic carbocycles. The summed E-state index contributed by atoms with van der Waals surface area (Å²) in [7, 11) is 0. The Bertz CT molecular complexity index is 730. The second-order valence-electron chi connectivity index (χ2n) is 5.36. The summed E-state index contributed by atoms with van der Waals surface area (Å²) in [6.45, 7) is 0. The van der Waals surface area contributed by atoms with Crippen LogP contribution in [0.15, 0.2) is 36.4 Å². The third kappa shape index (κ3) is 2.57. The van der Waals surface area contributed by atoms with Gasteiger partial charge in [-0.15, -0.1) is 0 Å². The van der Waals surface area contributed by atoms with E-state index in [1.807, 2.05) is 0 Å². The number of benzene rings is 2. The minimum Gasteiger partial charge on any atom is -0.397 e. The zero-order chi connectivity index (χ0) is 19.2. The summed E-state index contributed by atoms with van der Waals surface area (Å²) < 4.78 is 83.7. The van der Waals surface area contributed by atoms with E-state index >= 15 is 0 Å². The van der Waals surface area contributed by atoms with Crippen LogP contribution in [-0.2, 0) is 5.41 Å². The highest BCUT2D eigenvalue weighted by Gasteiger charge is 2.73. The number of anilines is 4. The van der Waals surface area contributed by atoms with Crippen LogP contribution in [0.1, 0.15) is 11.1 Å². The van der Waals surface area contributed by atoms with Gasteiger partial charge >= 0.3 is 12.4 Å². The number of rotatable bonds is 2. The molecule has 0 unspecified atom stereocenters. The van der Waals surface area contributed by atoms with Crippen LogP contribution in [0.25, 0.3) is 0 Å². The van der Waals surface area contributed by atoms with E-state index in [0.29, 0.717) is 12.1 Å². The van der Waals surface area contributed by atoms with Crippen molar-refractivity contribution in [2.45, 2.75) is 17.8 Å². The maximum Gasteiger partial charge on any atom is 0.411 e. The van der Waals surface area contributed by atoms with Gasteiger partial charge in [0.25, 0.3) is 0 Å². The van der Waals surface area contributed by atoms with Crippen molar-refractivity contribution in [1.82, 2.24) is 0 Å². The maximum absolute atomic E-state index is 14.0. The van der Waals surface area contributed by atoms with Gasteiger partial charge in [0.2, 0.25) is 5.41 Å². The molecule has 10 heteroatoms. The lowest BCUT2D eigenvalue weighted by molar-refractivity contribution is -0.288. The molecule has 0 saturated heterocycles. The van der Waals surface area contributed by atoms with Gasteiger partial charge in [0.15, 0.2) is 0 Å². The van der Waals surface area contributed by atoms with Gasteiger partial charge in [0.05, 0.1) is 22.7 Å². The van der Waals surface area contributed by atoms with E-state index < -0.39 is 51.6 Å². The Labute approximate surface area is 138 Å². The van der Waals surface area contributed by atoms with Crippen molar-refractivity contribution >= 4 is 22.7 Å². The second kappa shape index (κ2) is 5.64. The Morgan fingerprint density at radius 2 is 0.880 bits per heavy atom. The average molecular weight is 364 g/mol.